The van der Waals surface area contributed by atoms with E-state index in [2.05, 4.69) is 20.2 Å². The van der Waals surface area contributed by atoms with Crippen molar-refractivity contribution in [2.45, 2.75) is 43.2 Å². The summed E-state index contributed by atoms with van der Waals surface area (Å²) >= 11 is 0. The molecule has 1 fully saturated rings. The van der Waals surface area contributed by atoms with E-state index in [1.54, 1.807) is 11.6 Å². The van der Waals surface area contributed by atoms with Gasteiger partial charge in [-0.15, -0.1) is 5.10 Å². The molecule has 0 bridgehead atoms. The molecule has 0 spiro atoms. The standard InChI is InChI=1S/C14H17F2N5O3S/c1-9(14-17-19-20-21(14)10-2-3-10)18-25(22,23)12-6-4-11(5-7-12)24-8-13(15)16/h4-7,9-10,13,18H,2-3,8H2,1H3. The second kappa shape index (κ2) is 7.00. The topological polar surface area (TPSA) is 99.0 Å². The van der Waals surface area contributed by atoms with Gasteiger partial charge in [-0.2, -0.15) is 0 Å². The van der Waals surface area contributed by atoms with Crippen LogP contribution in [0, 0.1) is 0 Å². The van der Waals surface area contributed by atoms with Crippen molar-refractivity contribution in [2.24, 2.45) is 0 Å². The van der Waals surface area contributed by atoms with Crippen LogP contribution >= 0.6 is 0 Å². The Balaban J connectivity index is 1.69. The van der Waals surface area contributed by atoms with Crippen LogP contribution < -0.4 is 9.46 Å². The van der Waals surface area contributed by atoms with Gasteiger partial charge in [0.1, 0.15) is 12.4 Å². The Morgan fingerprint density at radius 1 is 1.32 bits per heavy atom. The Kier molecular flexibility index (Phi) is 4.95. The molecule has 1 saturated carbocycles. The fraction of sp³-hybridized carbons (Fsp3) is 0.500. The molecule has 1 N–H and O–H groups in total. The van der Waals surface area contributed by atoms with Crippen molar-refractivity contribution < 1.29 is 21.9 Å². The number of halogens is 2. The first kappa shape index (κ1) is 17.7. The lowest BCUT2D eigenvalue weighted by molar-refractivity contribution is 0.0819. The van der Waals surface area contributed by atoms with E-state index < -0.39 is 29.1 Å². The number of nitrogens with zero attached hydrogens (tertiary/aromatic N) is 4. The van der Waals surface area contributed by atoms with Crippen molar-refractivity contribution in [3.63, 3.8) is 0 Å². The third kappa shape index (κ3) is 4.28. The number of aromatic nitrogens is 4. The van der Waals surface area contributed by atoms with Crippen molar-refractivity contribution in [3.05, 3.63) is 30.1 Å². The summed E-state index contributed by atoms with van der Waals surface area (Å²) in [5, 5.41) is 11.4. The molecule has 11 heteroatoms. The Hall–Kier alpha value is -2.14. The number of tetrazole rings is 1. The molecule has 25 heavy (non-hydrogen) atoms. The maximum atomic E-state index is 12.5. The highest BCUT2D eigenvalue weighted by molar-refractivity contribution is 7.89. The maximum absolute atomic E-state index is 12.5. The second-order valence-corrected chi connectivity index (χ2v) is 7.44. The number of ether oxygens (including phenoxy) is 1. The summed E-state index contributed by atoms with van der Waals surface area (Å²) < 4.78 is 58.1. The summed E-state index contributed by atoms with van der Waals surface area (Å²) in [6, 6.07) is 4.85. The molecule has 1 heterocycles. The highest BCUT2D eigenvalue weighted by Crippen LogP contribution is 2.35. The van der Waals surface area contributed by atoms with E-state index in [1.165, 1.54) is 24.3 Å². The van der Waals surface area contributed by atoms with Gasteiger partial charge < -0.3 is 4.74 Å². The molecule has 1 unspecified atom stereocenters. The highest BCUT2D eigenvalue weighted by atomic mass is 32.2. The van der Waals surface area contributed by atoms with Crippen LogP contribution in [0.2, 0.25) is 0 Å². The van der Waals surface area contributed by atoms with Gasteiger partial charge >= 0.3 is 0 Å². The van der Waals surface area contributed by atoms with Gasteiger partial charge in [-0.05, 0) is 54.5 Å². The van der Waals surface area contributed by atoms with Gasteiger partial charge in [-0.1, -0.05) is 0 Å². The molecule has 1 aliphatic rings. The average Bonchev–Trinajstić information content (AvgIpc) is 3.29. The number of hydrogen-bond donors (Lipinski definition) is 1. The zero-order valence-electron chi connectivity index (χ0n) is 13.3. The monoisotopic (exact) mass is 373 g/mol. The molecule has 8 nitrogen and oxygen atoms in total. The fourth-order valence-electron chi connectivity index (χ4n) is 2.29. The van der Waals surface area contributed by atoms with Crippen molar-refractivity contribution in [3.8, 4) is 5.75 Å². The lowest BCUT2D eigenvalue weighted by Gasteiger charge is -2.14. The summed E-state index contributed by atoms with van der Waals surface area (Å²) in [4.78, 5) is -0.00538. The minimum Gasteiger partial charge on any atom is -0.488 e. The van der Waals surface area contributed by atoms with Crippen LogP contribution in [-0.2, 0) is 10.0 Å². The van der Waals surface area contributed by atoms with Crippen LogP contribution in [0.15, 0.2) is 29.2 Å². The predicted molar refractivity (Wildman–Crippen MR) is 82.8 cm³/mol. The SMILES string of the molecule is CC(NS(=O)(=O)c1ccc(OCC(F)F)cc1)c1nnnn1C1CC1. The number of sulfonamides is 1. The predicted octanol–water partition coefficient (Wildman–Crippen LogP) is 1.69. The summed E-state index contributed by atoms with van der Waals surface area (Å²) in [5.41, 5.74) is 0. The van der Waals surface area contributed by atoms with Gasteiger partial charge in [0.25, 0.3) is 6.43 Å². The van der Waals surface area contributed by atoms with Crippen LogP contribution in [0.25, 0.3) is 0 Å². The van der Waals surface area contributed by atoms with E-state index in [0.29, 0.717) is 5.82 Å². The van der Waals surface area contributed by atoms with Crippen LogP contribution in [0.3, 0.4) is 0 Å². The Morgan fingerprint density at radius 3 is 2.60 bits per heavy atom. The van der Waals surface area contributed by atoms with Crippen LogP contribution in [0.5, 0.6) is 5.75 Å². The van der Waals surface area contributed by atoms with E-state index in [-0.39, 0.29) is 16.7 Å². The zero-order valence-corrected chi connectivity index (χ0v) is 14.2. The molecular formula is C14H17F2N5O3S. The second-order valence-electron chi connectivity index (χ2n) is 5.73. The molecule has 0 radical (unpaired) electrons. The minimum absolute atomic E-state index is 0.00538. The first-order valence-electron chi connectivity index (χ1n) is 7.68. The lowest BCUT2D eigenvalue weighted by atomic mass is 10.3. The maximum Gasteiger partial charge on any atom is 0.272 e. The summed E-state index contributed by atoms with van der Waals surface area (Å²) in [6.45, 7) is 0.910. The number of nitrogens with one attached hydrogen (secondary N) is 1. The van der Waals surface area contributed by atoms with Crippen LogP contribution in [0.4, 0.5) is 8.78 Å². The first-order valence-corrected chi connectivity index (χ1v) is 9.16. The molecule has 1 atom stereocenters. The summed E-state index contributed by atoms with van der Waals surface area (Å²) in [5.74, 6) is 0.618. The van der Waals surface area contributed by atoms with Crippen molar-refractivity contribution in [1.82, 2.24) is 24.9 Å². The van der Waals surface area contributed by atoms with Gasteiger partial charge in [-0.3, -0.25) is 0 Å². The van der Waals surface area contributed by atoms with Crippen molar-refractivity contribution >= 4 is 10.0 Å². The van der Waals surface area contributed by atoms with Crippen molar-refractivity contribution in [1.29, 1.82) is 0 Å². The van der Waals surface area contributed by atoms with E-state index in [1.807, 2.05) is 0 Å². The third-order valence-electron chi connectivity index (χ3n) is 3.64. The fourth-order valence-corrected chi connectivity index (χ4v) is 3.49. The van der Waals surface area contributed by atoms with Gasteiger partial charge in [0.15, 0.2) is 5.82 Å². The molecule has 0 amide bonds. The van der Waals surface area contributed by atoms with Crippen LogP contribution in [-0.4, -0.2) is 41.7 Å². The number of benzene rings is 1. The number of alkyl halides is 2. The lowest BCUT2D eigenvalue weighted by Crippen LogP contribution is -2.29. The Morgan fingerprint density at radius 2 is 2.00 bits per heavy atom. The quantitative estimate of drug-likeness (QED) is 0.756. The smallest absolute Gasteiger partial charge is 0.272 e. The van der Waals surface area contributed by atoms with Gasteiger partial charge in [0, 0.05) is 0 Å². The molecule has 1 aromatic carbocycles. The summed E-state index contributed by atoms with van der Waals surface area (Å²) in [6.07, 6.45) is -0.654. The molecular weight excluding hydrogens is 356 g/mol. The molecule has 2 aromatic rings. The normalized spacial score (nSPS) is 16.2. The number of rotatable bonds is 8. The largest absolute Gasteiger partial charge is 0.488 e. The highest BCUT2D eigenvalue weighted by Gasteiger charge is 2.31. The van der Waals surface area contributed by atoms with Gasteiger partial charge in [-0.25, -0.2) is 26.6 Å². The molecule has 0 aliphatic heterocycles. The number of hydrogen-bond acceptors (Lipinski definition) is 6. The molecule has 136 valence electrons. The van der Waals surface area contributed by atoms with E-state index in [4.69, 9.17) is 4.74 Å². The average molecular weight is 373 g/mol. The molecule has 0 saturated heterocycles. The van der Waals surface area contributed by atoms with Gasteiger partial charge in [0.2, 0.25) is 10.0 Å². The molecule has 1 aliphatic carbocycles. The first-order chi connectivity index (χ1) is 11.9. The molecule has 1 aromatic heterocycles. The zero-order chi connectivity index (χ0) is 18.0. The minimum atomic E-state index is -3.82. The third-order valence-corrected chi connectivity index (χ3v) is 5.20. The van der Waals surface area contributed by atoms with Crippen molar-refractivity contribution in [2.75, 3.05) is 6.61 Å². The van der Waals surface area contributed by atoms with E-state index in [0.717, 1.165) is 12.8 Å². The molecule has 3 rings (SSSR count). The van der Waals surface area contributed by atoms with Gasteiger partial charge in [0.05, 0.1) is 17.0 Å². The Labute approximate surface area is 143 Å². The Bertz CT molecular complexity index is 821. The van der Waals surface area contributed by atoms with Crippen LogP contribution in [0.1, 0.15) is 37.7 Å². The van der Waals surface area contributed by atoms with E-state index in [9.17, 15) is 17.2 Å². The van der Waals surface area contributed by atoms with E-state index >= 15 is 0 Å². The summed E-state index contributed by atoms with van der Waals surface area (Å²) in [7, 11) is -3.82.